The van der Waals surface area contributed by atoms with Crippen molar-refractivity contribution in [2.75, 3.05) is 13.1 Å². The van der Waals surface area contributed by atoms with Crippen LogP contribution in [0.3, 0.4) is 0 Å². The molecule has 0 bridgehead atoms. The van der Waals surface area contributed by atoms with Gasteiger partial charge in [0.1, 0.15) is 5.82 Å². The number of carbonyl (C=O) groups is 1. The van der Waals surface area contributed by atoms with Crippen molar-refractivity contribution >= 4 is 5.78 Å². The predicted molar refractivity (Wildman–Crippen MR) is 51.8 cm³/mol. The molecule has 74 valence electrons. The molecule has 0 aromatic heterocycles. The summed E-state index contributed by atoms with van der Waals surface area (Å²) in [5.41, 5.74) is 1.37. The predicted octanol–water partition coefficient (Wildman–Crippen LogP) is 1.54. The van der Waals surface area contributed by atoms with E-state index in [1.165, 1.54) is 12.1 Å². The zero-order valence-corrected chi connectivity index (χ0v) is 8.01. The van der Waals surface area contributed by atoms with Crippen molar-refractivity contribution in [3.8, 4) is 0 Å². The summed E-state index contributed by atoms with van der Waals surface area (Å²) in [6.45, 7) is 3.27. The normalized spacial score (nSPS) is 16.4. The lowest BCUT2D eigenvalue weighted by molar-refractivity contribution is 0.0877. The standard InChI is InChI=1S/C11H12FNO/c1-7-2-3-9(12)4-10(7)11(14)8-5-13-6-8/h2-4,8,13H,5-6H2,1H3. The Morgan fingerprint density at radius 2 is 2.21 bits per heavy atom. The number of carbonyl (C=O) groups excluding carboxylic acids is 1. The SMILES string of the molecule is Cc1ccc(F)cc1C(=O)C1CNC1. The Morgan fingerprint density at radius 3 is 2.79 bits per heavy atom. The van der Waals surface area contributed by atoms with Crippen LogP contribution in [0.15, 0.2) is 18.2 Å². The van der Waals surface area contributed by atoms with E-state index in [1.807, 2.05) is 6.92 Å². The first kappa shape index (κ1) is 9.34. The highest BCUT2D eigenvalue weighted by Crippen LogP contribution is 2.17. The van der Waals surface area contributed by atoms with Crippen molar-refractivity contribution in [1.29, 1.82) is 0 Å². The minimum Gasteiger partial charge on any atom is -0.315 e. The lowest BCUT2D eigenvalue weighted by Crippen LogP contribution is -2.46. The molecule has 2 nitrogen and oxygen atoms in total. The lowest BCUT2D eigenvalue weighted by atomic mass is 9.90. The van der Waals surface area contributed by atoms with Gasteiger partial charge in [-0.2, -0.15) is 0 Å². The first-order chi connectivity index (χ1) is 6.68. The van der Waals surface area contributed by atoms with E-state index in [-0.39, 0.29) is 17.5 Å². The molecule has 0 unspecified atom stereocenters. The number of Topliss-reactive ketones (excluding diaryl/α,β-unsaturated/α-hetero) is 1. The molecule has 1 fully saturated rings. The summed E-state index contributed by atoms with van der Waals surface area (Å²) >= 11 is 0. The van der Waals surface area contributed by atoms with Crippen LogP contribution in [0.1, 0.15) is 15.9 Å². The van der Waals surface area contributed by atoms with Gasteiger partial charge in [-0.25, -0.2) is 4.39 Å². The van der Waals surface area contributed by atoms with Crippen molar-refractivity contribution < 1.29 is 9.18 Å². The Bertz CT molecular complexity index is 372. The third-order valence-electron chi connectivity index (χ3n) is 2.62. The Labute approximate surface area is 82.1 Å². The van der Waals surface area contributed by atoms with Crippen LogP contribution < -0.4 is 5.32 Å². The summed E-state index contributed by atoms with van der Waals surface area (Å²) in [5, 5.41) is 3.03. The number of ketones is 1. The highest BCUT2D eigenvalue weighted by molar-refractivity contribution is 5.99. The third-order valence-corrected chi connectivity index (χ3v) is 2.62. The molecule has 1 aliphatic heterocycles. The van der Waals surface area contributed by atoms with Crippen molar-refractivity contribution in [2.45, 2.75) is 6.92 Å². The highest BCUT2D eigenvalue weighted by Gasteiger charge is 2.26. The zero-order chi connectivity index (χ0) is 10.1. The van der Waals surface area contributed by atoms with Gasteiger partial charge >= 0.3 is 0 Å². The summed E-state index contributed by atoms with van der Waals surface area (Å²) in [5.74, 6) is -0.248. The fraction of sp³-hybridized carbons (Fsp3) is 0.364. The van der Waals surface area contributed by atoms with Crippen LogP contribution in [0.25, 0.3) is 0 Å². The van der Waals surface area contributed by atoms with E-state index in [0.717, 1.165) is 18.7 Å². The monoisotopic (exact) mass is 193 g/mol. The number of rotatable bonds is 2. The molecule has 2 rings (SSSR count). The van der Waals surface area contributed by atoms with Crippen LogP contribution in [0.4, 0.5) is 4.39 Å². The number of aryl methyl sites for hydroxylation is 1. The molecular weight excluding hydrogens is 181 g/mol. The van der Waals surface area contributed by atoms with Gasteiger partial charge in [0.2, 0.25) is 0 Å². The number of benzene rings is 1. The smallest absolute Gasteiger partial charge is 0.168 e. The molecule has 1 saturated heterocycles. The number of nitrogens with one attached hydrogen (secondary N) is 1. The molecule has 1 aromatic rings. The quantitative estimate of drug-likeness (QED) is 0.722. The summed E-state index contributed by atoms with van der Waals surface area (Å²) in [6, 6.07) is 4.36. The second-order valence-electron chi connectivity index (χ2n) is 3.68. The fourth-order valence-corrected chi connectivity index (χ4v) is 1.55. The van der Waals surface area contributed by atoms with Gasteiger partial charge in [0, 0.05) is 24.6 Å². The summed E-state index contributed by atoms with van der Waals surface area (Å²) in [4.78, 5) is 11.8. The zero-order valence-electron chi connectivity index (χ0n) is 8.01. The molecule has 1 heterocycles. The minimum absolute atomic E-state index is 0.0375. The lowest BCUT2D eigenvalue weighted by Gasteiger charge is -2.26. The van der Waals surface area contributed by atoms with Gasteiger partial charge in [0.05, 0.1) is 0 Å². The number of halogens is 1. The van der Waals surface area contributed by atoms with Crippen LogP contribution in [-0.2, 0) is 0 Å². The summed E-state index contributed by atoms with van der Waals surface area (Å²) in [6.07, 6.45) is 0. The average molecular weight is 193 g/mol. The Balaban J connectivity index is 2.29. The van der Waals surface area contributed by atoms with E-state index in [0.29, 0.717) is 5.56 Å². The summed E-state index contributed by atoms with van der Waals surface area (Å²) < 4.78 is 12.9. The van der Waals surface area contributed by atoms with E-state index in [9.17, 15) is 9.18 Å². The van der Waals surface area contributed by atoms with Crippen LogP contribution in [0.2, 0.25) is 0 Å². The molecule has 14 heavy (non-hydrogen) atoms. The molecular formula is C11H12FNO. The number of hydrogen-bond acceptors (Lipinski definition) is 2. The molecule has 0 radical (unpaired) electrons. The number of hydrogen-bond donors (Lipinski definition) is 1. The minimum atomic E-state index is -0.341. The highest BCUT2D eigenvalue weighted by atomic mass is 19.1. The average Bonchev–Trinajstić information content (AvgIpc) is 2.06. The van der Waals surface area contributed by atoms with Crippen LogP contribution in [-0.4, -0.2) is 18.9 Å². The summed E-state index contributed by atoms with van der Waals surface area (Å²) in [7, 11) is 0. The molecule has 1 aromatic carbocycles. The topological polar surface area (TPSA) is 29.1 Å². The maximum absolute atomic E-state index is 12.9. The molecule has 0 atom stereocenters. The van der Waals surface area contributed by atoms with E-state index < -0.39 is 0 Å². The van der Waals surface area contributed by atoms with E-state index >= 15 is 0 Å². The molecule has 0 aliphatic carbocycles. The second-order valence-corrected chi connectivity index (χ2v) is 3.68. The van der Waals surface area contributed by atoms with E-state index in [4.69, 9.17) is 0 Å². The van der Waals surface area contributed by atoms with Gasteiger partial charge in [-0.3, -0.25) is 4.79 Å². The molecule has 1 aliphatic rings. The van der Waals surface area contributed by atoms with Gasteiger partial charge in [-0.15, -0.1) is 0 Å². The van der Waals surface area contributed by atoms with Gasteiger partial charge in [-0.1, -0.05) is 6.07 Å². The maximum Gasteiger partial charge on any atom is 0.168 e. The molecule has 3 heteroatoms. The van der Waals surface area contributed by atoms with Gasteiger partial charge < -0.3 is 5.32 Å². The Hall–Kier alpha value is -1.22. The van der Waals surface area contributed by atoms with Gasteiger partial charge in [-0.05, 0) is 24.6 Å². The second kappa shape index (κ2) is 3.50. The first-order valence-corrected chi connectivity index (χ1v) is 4.69. The third kappa shape index (κ3) is 1.55. The van der Waals surface area contributed by atoms with Crippen LogP contribution >= 0.6 is 0 Å². The Kier molecular flexibility index (Phi) is 2.33. The van der Waals surface area contributed by atoms with Crippen molar-refractivity contribution in [3.05, 3.63) is 35.1 Å². The van der Waals surface area contributed by atoms with Crippen molar-refractivity contribution in [1.82, 2.24) is 5.32 Å². The first-order valence-electron chi connectivity index (χ1n) is 4.69. The van der Waals surface area contributed by atoms with Crippen molar-refractivity contribution in [2.24, 2.45) is 5.92 Å². The van der Waals surface area contributed by atoms with Crippen molar-refractivity contribution in [3.63, 3.8) is 0 Å². The van der Waals surface area contributed by atoms with E-state index in [2.05, 4.69) is 5.32 Å². The largest absolute Gasteiger partial charge is 0.315 e. The van der Waals surface area contributed by atoms with Gasteiger partial charge in [0.25, 0.3) is 0 Å². The van der Waals surface area contributed by atoms with Crippen LogP contribution in [0, 0.1) is 18.7 Å². The molecule has 1 N–H and O–H groups in total. The maximum atomic E-state index is 12.9. The molecule has 0 saturated carbocycles. The fourth-order valence-electron chi connectivity index (χ4n) is 1.55. The van der Waals surface area contributed by atoms with Crippen LogP contribution in [0.5, 0.6) is 0 Å². The van der Waals surface area contributed by atoms with E-state index in [1.54, 1.807) is 6.07 Å². The Morgan fingerprint density at radius 1 is 1.50 bits per heavy atom. The molecule has 0 amide bonds. The molecule has 0 spiro atoms. The van der Waals surface area contributed by atoms with Gasteiger partial charge in [0.15, 0.2) is 5.78 Å².